The van der Waals surface area contributed by atoms with E-state index in [9.17, 15) is 9.59 Å². The van der Waals surface area contributed by atoms with Gasteiger partial charge in [0.15, 0.2) is 11.6 Å². The fraction of sp³-hybridized carbons (Fsp3) is 0.316. The summed E-state index contributed by atoms with van der Waals surface area (Å²) in [4.78, 5) is 28.0. The highest BCUT2D eigenvalue weighted by molar-refractivity contribution is 5.96. The molecule has 2 aromatic heterocycles. The number of ether oxygens (including phenoxy) is 1. The van der Waals surface area contributed by atoms with Crippen molar-refractivity contribution in [2.24, 2.45) is 18.5 Å². The van der Waals surface area contributed by atoms with Crippen molar-refractivity contribution in [2.75, 3.05) is 33.8 Å². The van der Waals surface area contributed by atoms with Gasteiger partial charge in [-0.3, -0.25) is 9.59 Å². The molecular formula is C19H25N7O3. The van der Waals surface area contributed by atoms with E-state index in [4.69, 9.17) is 16.2 Å². The Hall–Kier alpha value is -3.69. The average Bonchev–Trinajstić information content (AvgIpc) is 3.33. The second-order valence-electron chi connectivity index (χ2n) is 6.80. The Morgan fingerprint density at radius 1 is 1.24 bits per heavy atom. The lowest BCUT2D eigenvalue weighted by molar-refractivity contribution is -0.133. The first kappa shape index (κ1) is 20.1. The monoisotopic (exact) mass is 399 g/mol. The van der Waals surface area contributed by atoms with Crippen molar-refractivity contribution in [3.05, 3.63) is 48.3 Å². The van der Waals surface area contributed by atoms with E-state index < -0.39 is 0 Å². The van der Waals surface area contributed by atoms with E-state index in [0.29, 0.717) is 18.8 Å². The number of likely N-dealkylation sites (N-methyl/N-ethyl adjacent to an activating group) is 1. The minimum atomic E-state index is -0.317. The molecule has 1 fully saturated rings. The Morgan fingerprint density at radius 2 is 2.00 bits per heavy atom. The molecule has 0 spiro atoms. The summed E-state index contributed by atoms with van der Waals surface area (Å²) in [6, 6.07) is 3.57. The van der Waals surface area contributed by atoms with E-state index in [1.54, 1.807) is 24.1 Å². The van der Waals surface area contributed by atoms with Crippen LogP contribution in [0.2, 0.25) is 0 Å². The van der Waals surface area contributed by atoms with Crippen molar-refractivity contribution in [3.63, 3.8) is 0 Å². The number of piperazine rings is 1. The van der Waals surface area contributed by atoms with Gasteiger partial charge in [0.2, 0.25) is 5.91 Å². The molecule has 1 aliphatic rings. The van der Waals surface area contributed by atoms with Gasteiger partial charge in [-0.25, -0.2) is 4.68 Å². The van der Waals surface area contributed by atoms with Crippen LogP contribution in [0.1, 0.15) is 10.5 Å². The molecule has 0 atom stereocenters. The number of hydrogen-bond acceptors (Lipinski definition) is 6. The van der Waals surface area contributed by atoms with Crippen molar-refractivity contribution in [1.29, 1.82) is 0 Å². The van der Waals surface area contributed by atoms with E-state index >= 15 is 0 Å². The molecule has 0 aromatic carbocycles. The van der Waals surface area contributed by atoms with Gasteiger partial charge in [0.1, 0.15) is 12.4 Å². The second-order valence-corrected chi connectivity index (χ2v) is 6.80. The van der Waals surface area contributed by atoms with Crippen molar-refractivity contribution in [1.82, 2.24) is 24.1 Å². The molecule has 4 N–H and O–H groups in total. The molecule has 0 unspecified atom stereocenters. The van der Waals surface area contributed by atoms with Crippen molar-refractivity contribution in [3.8, 4) is 11.3 Å². The predicted octanol–water partition coefficient (Wildman–Crippen LogP) is 0.00640. The maximum atomic E-state index is 13.0. The first-order valence-electron chi connectivity index (χ1n) is 9.03. The van der Waals surface area contributed by atoms with Gasteiger partial charge < -0.3 is 30.6 Å². The summed E-state index contributed by atoms with van der Waals surface area (Å²) in [5.74, 6) is 0.0278. The van der Waals surface area contributed by atoms with Crippen LogP contribution in [-0.4, -0.2) is 69.8 Å². The number of nitrogens with zero attached hydrogens (tertiary/aromatic N) is 5. The third-order valence-corrected chi connectivity index (χ3v) is 4.70. The van der Waals surface area contributed by atoms with E-state index in [0.717, 1.165) is 5.56 Å². The first-order chi connectivity index (χ1) is 13.8. The normalized spacial score (nSPS) is 15.8. The first-order valence-corrected chi connectivity index (χ1v) is 9.03. The number of aromatic nitrogens is 3. The fourth-order valence-electron chi connectivity index (χ4n) is 2.94. The smallest absolute Gasteiger partial charge is 0.274 e. The number of allylic oxidation sites excluding steroid dienone is 2. The van der Waals surface area contributed by atoms with Gasteiger partial charge in [-0.1, -0.05) is 0 Å². The van der Waals surface area contributed by atoms with Crippen LogP contribution in [0.4, 0.5) is 0 Å². The summed E-state index contributed by atoms with van der Waals surface area (Å²) in [5.41, 5.74) is 13.5. The molecule has 3 heterocycles. The van der Waals surface area contributed by atoms with Crippen molar-refractivity contribution < 1.29 is 14.3 Å². The summed E-state index contributed by atoms with van der Waals surface area (Å²) in [5, 5.41) is 4.41. The molecule has 10 nitrogen and oxygen atoms in total. The molecule has 0 aliphatic carbocycles. The highest BCUT2D eigenvalue weighted by Gasteiger charge is 2.28. The molecule has 0 radical (unpaired) electrons. The largest absolute Gasteiger partial charge is 0.483 e. The molecule has 29 heavy (non-hydrogen) atoms. The third kappa shape index (κ3) is 4.26. The zero-order valence-electron chi connectivity index (χ0n) is 16.7. The Balaban J connectivity index is 1.98. The van der Waals surface area contributed by atoms with Crippen LogP contribution in [0.5, 0.6) is 0 Å². The summed E-state index contributed by atoms with van der Waals surface area (Å²) < 4.78 is 8.26. The number of amides is 2. The molecule has 0 saturated carbocycles. The molecule has 0 bridgehead atoms. The number of rotatable bonds is 5. The highest BCUT2D eigenvalue weighted by atomic mass is 16.5. The zero-order chi connectivity index (χ0) is 21.1. The number of nitrogens with two attached hydrogens (primary N) is 2. The van der Waals surface area contributed by atoms with Gasteiger partial charge in [-0.05, 0) is 18.2 Å². The molecular weight excluding hydrogens is 374 g/mol. The maximum absolute atomic E-state index is 13.0. The second kappa shape index (κ2) is 8.13. The minimum Gasteiger partial charge on any atom is -0.483 e. The number of methoxy groups -OCH3 is 1. The zero-order valence-corrected chi connectivity index (χ0v) is 16.7. The molecule has 154 valence electrons. The molecule has 1 saturated heterocycles. The lowest BCUT2D eigenvalue weighted by Gasteiger charge is -2.31. The number of carbonyl (C=O) groups excluding carboxylic acids is 2. The number of hydrogen-bond donors (Lipinski definition) is 2. The van der Waals surface area contributed by atoms with Gasteiger partial charge in [-0.2, -0.15) is 5.10 Å². The molecule has 2 amide bonds. The standard InChI is InChI=1S/C19H25N7O3/c1-23-7-6-13(11-23)15-10-14(19(28)25-9-8-24(2)18(27)12-25)22-26(15)16(20)4-5-17(21)29-3/h4-7,10-11H,8-9,12,20-21H2,1-3H3/b16-4+,17-5+. The predicted molar refractivity (Wildman–Crippen MR) is 108 cm³/mol. The topological polar surface area (TPSA) is 125 Å². The highest BCUT2D eigenvalue weighted by Crippen LogP contribution is 2.24. The Kier molecular flexibility index (Phi) is 5.62. The SMILES string of the molecule is CO/C(N)=C/C=C(\N)n1nc(C(=O)N2CCN(C)C(=O)C2)cc1-c1ccn(C)c1. The van der Waals surface area contributed by atoms with Crippen LogP contribution in [0.3, 0.4) is 0 Å². The Morgan fingerprint density at radius 3 is 2.62 bits per heavy atom. The third-order valence-electron chi connectivity index (χ3n) is 4.70. The van der Waals surface area contributed by atoms with Gasteiger partial charge in [0.25, 0.3) is 5.91 Å². The number of aryl methyl sites for hydroxylation is 1. The Labute approximate surface area is 168 Å². The van der Waals surface area contributed by atoms with Crippen molar-refractivity contribution >= 4 is 17.6 Å². The lowest BCUT2D eigenvalue weighted by atomic mass is 10.2. The quantitative estimate of drug-likeness (QED) is 0.539. The Bertz CT molecular complexity index is 986. The fourth-order valence-corrected chi connectivity index (χ4v) is 2.94. The summed E-state index contributed by atoms with van der Waals surface area (Å²) >= 11 is 0. The molecule has 10 heteroatoms. The van der Waals surface area contributed by atoms with Crippen LogP contribution in [0.25, 0.3) is 17.1 Å². The van der Waals surface area contributed by atoms with Crippen LogP contribution >= 0.6 is 0 Å². The molecule has 2 aromatic rings. The van der Waals surface area contributed by atoms with Gasteiger partial charge in [0.05, 0.1) is 12.8 Å². The van der Waals surface area contributed by atoms with Gasteiger partial charge in [-0.15, -0.1) is 0 Å². The molecule has 3 rings (SSSR count). The summed E-state index contributed by atoms with van der Waals surface area (Å²) in [6.07, 6.45) is 6.84. The van der Waals surface area contributed by atoms with E-state index in [1.807, 2.05) is 30.1 Å². The van der Waals surface area contributed by atoms with Gasteiger partial charge >= 0.3 is 0 Å². The summed E-state index contributed by atoms with van der Waals surface area (Å²) in [6.45, 7) is 0.967. The van der Waals surface area contributed by atoms with E-state index in [2.05, 4.69) is 5.10 Å². The van der Waals surface area contributed by atoms with Crippen LogP contribution in [0, 0.1) is 0 Å². The van der Waals surface area contributed by atoms with Crippen molar-refractivity contribution in [2.45, 2.75) is 0 Å². The minimum absolute atomic E-state index is 0.0291. The van der Waals surface area contributed by atoms with Crippen LogP contribution in [-0.2, 0) is 16.6 Å². The summed E-state index contributed by atoms with van der Waals surface area (Å²) in [7, 11) is 5.07. The van der Waals surface area contributed by atoms with Crippen LogP contribution in [0.15, 0.2) is 42.6 Å². The van der Waals surface area contributed by atoms with E-state index in [-0.39, 0.29) is 35.8 Å². The van der Waals surface area contributed by atoms with Gasteiger partial charge in [0, 0.05) is 51.2 Å². The maximum Gasteiger partial charge on any atom is 0.274 e. The van der Waals surface area contributed by atoms with E-state index in [1.165, 1.54) is 22.8 Å². The number of carbonyl (C=O) groups is 2. The van der Waals surface area contributed by atoms with Crippen LogP contribution < -0.4 is 11.5 Å². The molecule has 1 aliphatic heterocycles. The average molecular weight is 399 g/mol. The lowest BCUT2D eigenvalue weighted by Crippen LogP contribution is -2.50.